The van der Waals surface area contributed by atoms with Gasteiger partial charge in [0.15, 0.2) is 0 Å². The number of benzene rings is 2. The molecule has 6 nitrogen and oxygen atoms in total. The van der Waals surface area contributed by atoms with Gasteiger partial charge in [-0.05, 0) is 55.3 Å². The van der Waals surface area contributed by atoms with Gasteiger partial charge in [0.2, 0.25) is 5.91 Å². The third kappa shape index (κ3) is 3.67. The van der Waals surface area contributed by atoms with E-state index in [4.69, 9.17) is 9.47 Å². The summed E-state index contributed by atoms with van der Waals surface area (Å²) in [7, 11) is 3.22. The van der Waals surface area contributed by atoms with Crippen LogP contribution in [0, 0.1) is 0 Å². The van der Waals surface area contributed by atoms with E-state index in [0.29, 0.717) is 30.2 Å². The van der Waals surface area contributed by atoms with E-state index in [1.165, 1.54) is 0 Å². The van der Waals surface area contributed by atoms with E-state index in [0.717, 1.165) is 24.3 Å². The number of carbonyl (C=O) groups is 2. The fraction of sp³-hybridized carbons (Fsp3) is 0.364. The maximum atomic E-state index is 12.9. The number of thioether (sulfide) groups is 1. The van der Waals surface area contributed by atoms with Crippen LogP contribution in [0.25, 0.3) is 0 Å². The lowest BCUT2D eigenvalue weighted by atomic mass is 10.00. The van der Waals surface area contributed by atoms with E-state index in [-0.39, 0.29) is 16.7 Å². The minimum Gasteiger partial charge on any atom is -0.497 e. The first-order valence-electron chi connectivity index (χ1n) is 9.61. The van der Waals surface area contributed by atoms with Gasteiger partial charge in [-0.15, -0.1) is 11.8 Å². The molecule has 2 aromatic carbocycles. The first-order valence-corrected chi connectivity index (χ1v) is 10.6. The Bertz CT molecular complexity index is 907. The van der Waals surface area contributed by atoms with E-state index in [2.05, 4.69) is 0 Å². The lowest BCUT2D eigenvalue weighted by Gasteiger charge is -2.44. The smallest absolute Gasteiger partial charge is 0.253 e. The highest BCUT2D eigenvalue weighted by Crippen LogP contribution is 2.47. The SMILES string of the molecule is COc1ccc(N2C(=O)CSC23CCN(C(=O)c2cccc(OC)c2)CC3)cc1. The zero-order valence-corrected chi connectivity index (χ0v) is 17.4. The van der Waals surface area contributed by atoms with Crippen LogP contribution in [0.1, 0.15) is 23.2 Å². The average Bonchev–Trinajstić information content (AvgIpc) is 3.09. The van der Waals surface area contributed by atoms with Crippen LogP contribution in [0.5, 0.6) is 11.5 Å². The van der Waals surface area contributed by atoms with Crippen molar-refractivity contribution in [3.05, 3.63) is 54.1 Å². The van der Waals surface area contributed by atoms with Crippen molar-refractivity contribution in [2.75, 3.05) is 38.0 Å². The van der Waals surface area contributed by atoms with Crippen LogP contribution < -0.4 is 14.4 Å². The summed E-state index contributed by atoms with van der Waals surface area (Å²) in [5, 5.41) is 0. The Balaban J connectivity index is 1.50. The third-order valence-corrected chi connectivity index (χ3v) is 7.12. The number of hydrogen-bond donors (Lipinski definition) is 0. The van der Waals surface area contributed by atoms with Gasteiger partial charge in [-0.3, -0.25) is 14.5 Å². The van der Waals surface area contributed by atoms with Gasteiger partial charge in [-0.2, -0.15) is 0 Å². The number of nitrogens with zero attached hydrogens (tertiary/aromatic N) is 2. The molecular weight excluding hydrogens is 388 g/mol. The number of amides is 2. The van der Waals surface area contributed by atoms with Gasteiger partial charge in [0.05, 0.1) is 24.8 Å². The van der Waals surface area contributed by atoms with Crippen LogP contribution in [-0.4, -0.2) is 54.6 Å². The molecule has 2 aliphatic heterocycles. The minimum atomic E-state index is -0.295. The molecule has 0 unspecified atom stereocenters. The van der Waals surface area contributed by atoms with Crippen LogP contribution in [-0.2, 0) is 4.79 Å². The molecule has 2 fully saturated rings. The molecule has 0 aliphatic carbocycles. The van der Waals surface area contributed by atoms with Gasteiger partial charge in [0.25, 0.3) is 5.91 Å². The second-order valence-electron chi connectivity index (χ2n) is 7.19. The highest BCUT2D eigenvalue weighted by Gasteiger charge is 2.49. The van der Waals surface area contributed by atoms with Crippen molar-refractivity contribution in [3.8, 4) is 11.5 Å². The van der Waals surface area contributed by atoms with Crippen LogP contribution in [0.15, 0.2) is 48.5 Å². The third-order valence-electron chi connectivity index (χ3n) is 5.60. The molecule has 152 valence electrons. The summed E-state index contributed by atoms with van der Waals surface area (Å²) in [4.78, 5) is 29.1. The minimum absolute atomic E-state index is 0.00377. The normalized spacial score (nSPS) is 18.2. The molecule has 0 N–H and O–H groups in total. The van der Waals surface area contributed by atoms with E-state index >= 15 is 0 Å². The van der Waals surface area contributed by atoms with Gasteiger partial charge < -0.3 is 14.4 Å². The Morgan fingerprint density at radius 1 is 1.00 bits per heavy atom. The van der Waals surface area contributed by atoms with Crippen molar-refractivity contribution in [1.29, 1.82) is 0 Å². The quantitative estimate of drug-likeness (QED) is 0.770. The molecule has 7 heteroatoms. The average molecular weight is 413 g/mol. The van der Waals surface area contributed by atoms with Crippen molar-refractivity contribution in [1.82, 2.24) is 4.90 Å². The van der Waals surface area contributed by atoms with Crippen molar-refractivity contribution in [2.45, 2.75) is 17.7 Å². The van der Waals surface area contributed by atoms with Crippen molar-refractivity contribution in [2.24, 2.45) is 0 Å². The highest BCUT2D eigenvalue weighted by molar-refractivity contribution is 8.02. The lowest BCUT2D eigenvalue weighted by Crippen LogP contribution is -2.53. The van der Waals surface area contributed by atoms with Gasteiger partial charge in [-0.25, -0.2) is 0 Å². The molecule has 2 amide bonds. The van der Waals surface area contributed by atoms with Crippen LogP contribution >= 0.6 is 11.8 Å². The molecule has 0 saturated carbocycles. The number of hydrogen-bond acceptors (Lipinski definition) is 5. The first kappa shape index (κ1) is 19.6. The number of rotatable bonds is 4. The van der Waals surface area contributed by atoms with Gasteiger partial charge in [0, 0.05) is 24.3 Å². The number of piperidine rings is 1. The topological polar surface area (TPSA) is 59.1 Å². The molecule has 2 heterocycles. The molecule has 2 aliphatic rings. The largest absolute Gasteiger partial charge is 0.497 e. The van der Waals surface area contributed by atoms with E-state index < -0.39 is 0 Å². The molecule has 0 bridgehead atoms. The maximum absolute atomic E-state index is 12.9. The molecule has 0 radical (unpaired) electrons. The Kier molecular flexibility index (Phi) is 5.41. The van der Waals surface area contributed by atoms with Gasteiger partial charge >= 0.3 is 0 Å². The van der Waals surface area contributed by atoms with Crippen LogP contribution in [0.4, 0.5) is 5.69 Å². The monoisotopic (exact) mass is 412 g/mol. The molecular formula is C22H24N2O4S. The molecule has 0 atom stereocenters. The van der Waals surface area contributed by atoms with Crippen molar-refractivity contribution < 1.29 is 19.1 Å². The predicted molar refractivity (Wildman–Crippen MR) is 114 cm³/mol. The highest BCUT2D eigenvalue weighted by atomic mass is 32.2. The summed E-state index contributed by atoms with van der Waals surface area (Å²) in [6.07, 6.45) is 1.48. The predicted octanol–water partition coefficient (Wildman–Crippen LogP) is 3.42. The number of anilines is 1. The van der Waals surface area contributed by atoms with Crippen molar-refractivity contribution >= 4 is 29.3 Å². The van der Waals surface area contributed by atoms with E-state index in [1.54, 1.807) is 32.0 Å². The zero-order chi connectivity index (χ0) is 20.4. The number of methoxy groups -OCH3 is 2. The first-order chi connectivity index (χ1) is 14.1. The van der Waals surface area contributed by atoms with Gasteiger partial charge in [-0.1, -0.05) is 6.07 Å². The van der Waals surface area contributed by atoms with E-state index in [1.807, 2.05) is 52.3 Å². The second kappa shape index (κ2) is 7.99. The summed E-state index contributed by atoms with van der Waals surface area (Å²) in [6.45, 7) is 1.23. The molecule has 2 saturated heterocycles. The standard InChI is InChI=1S/C22H24N2O4S/c1-27-18-8-6-17(7-9-18)24-20(25)15-29-22(24)10-12-23(13-11-22)21(26)16-4-3-5-19(14-16)28-2/h3-9,14H,10-13,15H2,1-2H3. The maximum Gasteiger partial charge on any atom is 0.253 e. The van der Waals surface area contributed by atoms with Gasteiger partial charge in [0.1, 0.15) is 11.5 Å². The zero-order valence-electron chi connectivity index (χ0n) is 16.6. The summed E-state index contributed by atoms with van der Waals surface area (Å²) >= 11 is 1.69. The number of carbonyl (C=O) groups excluding carboxylic acids is 2. The Labute approximate surface area is 174 Å². The molecule has 2 aromatic rings. The Morgan fingerprint density at radius 3 is 2.34 bits per heavy atom. The Morgan fingerprint density at radius 2 is 1.69 bits per heavy atom. The molecule has 29 heavy (non-hydrogen) atoms. The summed E-state index contributed by atoms with van der Waals surface area (Å²) in [6, 6.07) is 14.8. The number of ether oxygens (including phenoxy) is 2. The fourth-order valence-electron chi connectivity index (χ4n) is 4.03. The van der Waals surface area contributed by atoms with Crippen LogP contribution in [0.3, 0.4) is 0 Å². The summed E-state index contributed by atoms with van der Waals surface area (Å²) < 4.78 is 10.5. The summed E-state index contributed by atoms with van der Waals surface area (Å²) in [5.74, 6) is 2.03. The summed E-state index contributed by atoms with van der Waals surface area (Å²) in [5.41, 5.74) is 1.51. The molecule has 4 rings (SSSR count). The molecule has 0 aromatic heterocycles. The second-order valence-corrected chi connectivity index (χ2v) is 8.52. The number of likely N-dealkylation sites (tertiary alicyclic amines) is 1. The lowest BCUT2D eigenvalue weighted by molar-refractivity contribution is -0.116. The Hall–Kier alpha value is -2.67. The van der Waals surface area contributed by atoms with Crippen molar-refractivity contribution in [3.63, 3.8) is 0 Å². The van der Waals surface area contributed by atoms with Crippen LogP contribution in [0.2, 0.25) is 0 Å². The fourth-order valence-corrected chi connectivity index (χ4v) is 5.36. The van der Waals surface area contributed by atoms with E-state index in [9.17, 15) is 9.59 Å². The molecule has 1 spiro atoms.